The summed E-state index contributed by atoms with van der Waals surface area (Å²) in [6.07, 6.45) is 0. The smallest absolute Gasteiger partial charge is 0.214 e. The van der Waals surface area contributed by atoms with Gasteiger partial charge in [-0.3, -0.25) is 4.79 Å². The van der Waals surface area contributed by atoms with E-state index in [4.69, 9.17) is 23.2 Å². The van der Waals surface area contributed by atoms with Gasteiger partial charge >= 0.3 is 0 Å². The van der Waals surface area contributed by atoms with Crippen molar-refractivity contribution in [3.05, 3.63) is 50.9 Å². The van der Waals surface area contributed by atoms with Crippen molar-refractivity contribution in [1.82, 2.24) is 4.37 Å². The molecule has 0 atom stereocenters. The van der Waals surface area contributed by atoms with Crippen LogP contribution in [-0.4, -0.2) is 10.2 Å². The number of carbonyl (C=O) groups excluding carboxylic acids is 1. The summed E-state index contributed by atoms with van der Waals surface area (Å²) in [7, 11) is 0. The summed E-state index contributed by atoms with van der Waals surface area (Å²) in [5.74, 6) is -0.205. The van der Waals surface area contributed by atoms with Gasteiger partial charge in [0.15, 0.2) is 0 Å². The molecule has 0 aliphatic heterocycles. The van der Waals surface area contributed by atoms with Gasteiger partial charge in [-0.1, -0.05) is 53.5 Å². The third-order valence-electron chi connectivity index (χ3n) is 1.85. The number of aromatic nitrogens is 1. The Labute approximate surface area is 101 Å². The van der Waals surface area contributed by atoms with Gasteiger partial charge < -0.3 is 0 Å². The molecule has 2 nitrogen and oxygen atoms in total. The highest BCUT2D eigenvalue weighted by molar-refractivity contribution is 7.11. The molecule has 1 heterocycles. The summed E-state index contributed by atoms with van der Waals surface area (Å²) in [5.41, 5.74) is 0.777. The van der Waals surface area contributed by atoms with Crippen molar-refractivity contribution in [2.24, 2.45) is 0 Å². The Bertz CT molecular complexity index is 495. The van der Waals surface area contributed by atoms with Crippen molar-refractivity contribution in [2.45, 2.75) is 0 Å². The quantitative estimate of drug-likeness (QED) is 0.769. The molecule has 0 aliphatic rings. The van der Waals surface area contributed by atoms with Gasteiger partial charge in [-0.05, 0) is 11.5 Å². The zero-order valence-corrected chi connectivity index (χ0v) is 9.73. The zero-order valence-electron chi connectivity index (χ0n) is 7.41. The van der Waals surface area contributed by atoms with Gasteiger partial charge in [0.1, 0.15) is 15.1 Å². The number of carbonyl (C=O) groups is 1. The average Bonchev–Trinajstić information content (AvgIpc) is 2.60. The lowest BCUT2D eigenvalue weighted by molar-refractivity contribution is 0.103. The first kappa shape index (κ1) is 10.6. The maximum absolute atomic E-state index is 11.9. The SMILES string of the molecule is O=C(c1ccccc1)c1nsc(Cl)c1Cl. The van der Waals surface area contributed by atoms with Crippen molar-refractivity contribution < 1.29 is 4.79 Å². The van der Waals surface area contributed by atoms with Crippen molar-refractivity contribution >= 4 is 40.5 Å². The van der Waals surface area contributed by atoms with Gasteiger partial charge in [-0.25, -0.2) is 0 Å². The number of ketones is 1. The second kappa shape index (κ2) is 4.31. The molecule has 0 saturated heterocycles. The maximum atomic E-state index is 11.9. The lowest BCUT2D eigenvalue weighted by Crippen LogP contribution is -2.01. The molecule has 0 radical (unpaired) electrons. The highest BCUT2D eigenvalue weighted by Crippen LogP contribution is 2.30. The van der Waals surface area contributed by atoms with Crippen LogP contribution < -0.4 is 0 Å². The Balaban J connectivity index is 2.42. The first-order chi connectivity index (χ1) is 7.20. The Morgan fingerprint density at radius 3 is 2.40 bits per heavy atom. The van der Waals surface area contributed by atoms with Gasteiger partial charge in [0.25, 0.3) is 0 Å². The first-order valence-corrected chi connectivity index (χ1v) is 5.63. The van der Waals surface area contributed by atoms with Crippen molar-refractivity contribution in [3.63, 3.8) is 0 Å². The minimum atomic E-state index is -0.205. The predicted molar refractivity (Wildman–Crippen MR) is 62.0 cm³/mol. The first-order valence-electron chi connectivity index (χ1n) is 4.10. The van der Waals surface area contributed by atoms with Crippen LogP contribution in [-0.2, 0) is 0 Å². The van der Waals surface area contributed by atoms with Crippen molar-refractivity contribution in [2.75, 3.05) is 0 Å². The topological polar surface area (TPSA) is 30.0 Å². The molecule has 2 rings (SSSR count). The van der Waals surface area contributed by atoms with Crippen LogP contribution in [0.15, 0.2) is 30.3 Å². The lowest BCUT2D eigenvalue weighted by Gasteiger charge is -1.96. The number of rotatable bonds is 2. The highest BCUT2D eigenvalue weighted by Gasteiger charge is 2.18. The number of halogens is 2. The van der Waals surface area contributed by atoms with E-state index in [-0.39, 0.29) is 16.5 Å². The number of hydrogen-bond acceptors (Lipinski definition) is 3. The second-order valence-electron chi connectivity index (χ2n) is 2.81. The van der Waals surface area contributed by atoms with Crippen LogP contribution in [0.25, 0.3) is 0 Å². The molecule has 0 N–H and O–H groups in total. The van der Waals surface area contributed by atoms with E-state index in [0.29, 0.717) is 9.90 Å². The van der Waals surface area contributed by atoms with E-state index in [1.165, 1.54) is 0 Å². The van der Waals surface area contributed by atoms with Crippen LogP contribution in [0.3, 0.4) is 0 Å². The molecule has 1 aromatic heterocycles. The summed E-state index contributed by atoms with van der Waals surface area (Å²) in [6.45, 7) is 0. The molecule has 0 bridgehead atoms. The minimum absolute atomic E-state index is 0.205. The summed E-state index contributed by atoms with van der Waals surface area (Å²) in [4.78, 5) is 11.9. The molecule has 0 spiro atoms. The summed E-state index contributed by atoms with van der Waals surface area (Å²) < 4.78 is 4.26. The molecular formula is C10H5Cl2NOS. The van der Waals surface area contributed by atoms with Gasteiger partial charge in [0, 0.05) is 5.56 Å². The Kier molecular flexibility index (Phi) is 3.05. The summed E-state index contributed by atoms with van der Waals surface area (Å²) in [5, 5.41) is 0.232. The molecule has 15 heavy (non-hydrogen) atoms. The molecule has 0 amide bonds. The second-order valence-corrected chi connectivity index (χ2v) is 4.57. The highest BCUT2D eigenvalue weighted by atomic mass is 35.5. The Morgan fingerprint density at radius 2 is 1.87 bits per heavy atom. The van der Waals surface area contributed by atoms with Crippen molar-refractivity contribution in [3.8, 4) is 0 Å². The fraction of sp³-hybridized carbons (Fsp3) is 0. The standard InChI is InChI=1S/C10H5Cl2NOS/c11-7-8(13-15-10(7)12)9(14)6-4-2-1-3-5-6/h1-5H. The molecule has 76 valence electrons. The van der Waals surface area contributed by atoms with E-state index in [1.807, 2.05) is 6.07 Å². The van der Waals surface area contributed by atoms with E-state index in [2.05, 4.69) is 4.37 Å². The summed E-state index contributed by atoms with van der Waals surface area (Å²) >= 11 is 12.6. The molecule has 0 aliphatic carbocycles. The Morgan fingerprint density at radius 1 is 1.20 bits per heavy atom. The largest absolute Gasteiger partial charge is 0.287 e. The van der Waals surface area contributed by atoms with Crippen LogP contribution in [0.2, 0.25) is 9.36 Å². The van der Waals surface area contributed by atoms with E-state index in [0.717, 1.165) is 11.5 Å². The van der Waals surface area contributed by atoms with Gasteiger partial charge in [-0.15, -0.1) is 0 Å². The third-order valence-corrected chi connectivity index (χ3v) is 3.46. The summed E-state index contributed by atoms with van der Waals surface area (Å²) in [6, 6.07) is 8.84. The van der Waals surface area contributed by atoms with Gasteiger partial charge in [0.05, 0.1) is 0 Å². The van der Waals surface area contributed by atoms with Crippen molar-refractivity contribution in [1.29, 1.82) is 0 Å². The zero-order chi connectivity index (χ0) is 10.8. The number of nitrogens with zero attached hydrogens (tertiary/aromatic N) is 1. The van der Waals surface area contributed by atoms with E-state index in [1.54, 1.807) is 24.3 Å². The molecular weight excluding hydrogens is 253 g/mol. The van der Waals surface area contributed by atoms with E-state index in [9.17, 15) is 4.79 Å². The van der Waals surface area contributed by atoms with E-state index >= 15 is 0 Å². The maximum Gasteiger partial charge on any atom is 0.214 e. The molecule has 0 unspecified atom stereocenters. The van der Waals surface area contributed by atoms with E-state index < -0.39 is 0 Å². The molecule has 2 aromatic rings. The van der Waals surface area contributed by atoms with Gasteiger partial charge in [-0.2, -0.15) is 4.37 Å². The van der Waals surface area contributed by atoms with Crippen LogP contribution in [0, 0.1) is 0 Å². The third kappa shape index (κ3) is 2.04. The fourth-order valence-electron chi connectivity index (χ4n) is 1.13. The predicted octanol–water partition coefficient (Wildman–Crippen LogP) is 3.68. The molecule has 1 aromatic carbocycles. The van der Waals surface area contributed by atoms with Gasteiger partial charge in [0.2, 0.25) is 5.78 Å². The Hall–Kier alpha value is -0.900. The molecule has 0 fully saturated rings. The molecule has 0 saturated carbocycles. The lowest BCUT2D eigenvalue weighted by atomic mass is 10.1. The van der Waals surface area contributed by atoms with Crippen LogP contribution in [0.5, 0.6) is 0 Å². The van der Waals surface area contributed by atoms with Crippen LogP contribution >= 0.6 is 34.7 Å². The molecule has 5 heteroatoms. The number of benzene rings is 1. The average molecular weight is 258 g/mol. The monoisotopic (exact) mass is 257 g/mol. The fourth-order valence-corrected chi connectivity index (χ4v) is 2.12. The number of hydrogen-bond donors (Lipinski definition) is 0. The normalized spacial score (nSPS) is 10.3. The van der Waals surface area contributed by atoms with Crippen LogP contribution in [0.1, 0.15) is 16.1 Å². The van der Waals surface area contributed by atoms with Crippen LogP contribution in [0.4, 0.5) is 0 Å². The minimum Gasteiger partial charge on any atom is -0.287 e.